The molecule has 2 N–H and O–H groups in total. The topological polar surface area (TPSA) is 84.7 Å². The molecule has 0 atom stereocenters. The molecule has 2 heterocycles. The molecule has 24 heavy (non-hydrogen) atoms. The van der Waals surface area contributed by atoms with Gasteiger partial charge in [0.05, 0.1) is 17.3 Å². The van der Waals surface area contributed by atoms with E-state index in [1.165, 1.54) is 0 Å². The lowest BCUT2D eigenvalue weighted by atomic mass is 10.3. The molecule has 8 heteroatoms. The van der Waals surface area contributed by atoms with E-state index in [-0.39, 0.29) is 5.91 Å². The molecule has 0 saturated heterocycles. The Morgan fingerprint density at radius 3 is 2.92 bits per heavy atom. The molecule has 0 radical (unpaired) electrons. The molecule has 124 valence electrons. The molecule has 0 aliphatic carbocycles. The standard InChI is InChI=1S/C16H17ClN6O/c1-10-21-15(19-7-6-14(24)18-2)13-9-20-23(16(13)22-10)12-5-3-4-11(17)8-12/h3-5,8-9H,6-7H2,1-2H3,(H,18,24)(H,19,21,22). The normalized spacial score (nSPS) is 10.8. The van der Waals surface area contributed by atoms with Crippen LogP contribution in [-0.4, -0.2) is 39.2 Å². The molecule has 3 rings (SSSR count). The summed E-state index contributed by atoms with van der Waals surface area (Å²) in [4.78, 5) is 20.2. The summed E-state index contributed by atoms with van der Waals surface area (Å²) < 4.78 is 1.72. The number of halogens is 1. The Balaban J connectivity index is 1.96. The van der Waals surface area contributed by atoms with Gasteiger partial charge in [-0.1, -0.05) is 17.7 Å². The lowest BCUT2D eigenvalue weighted by Crippen LogP contribution is -2.21. The highest BCUT2D eigenvalue weighted by Gasteiger charge is 2.13. The van der Waals surface area contributed by atoms with E-state index >= 15 is 0 Å². The summed E-state index contributed by atoms with van der Waals surface area (Å²) in [6.07, 6.45) is 2.07. The van der Waals surface area contributed by atoms with Crippen molar-refractivity contribution < 1.29 is 4.79 Å². The summed E-state index contributed by atoms with van der Waals surface area (Å²) in [7, 11) is 1.62. The maximum atomic E-state index is 11.3. The lowest BCUT2D eigenvalue weighted by molar-refractivity contribution is -0.120. The van der Waals surface area contributed by atoms with Gasteiger partial charge in [-0.05, 0) is 25.1 Å². The number of hydrogen-bond donors (Lipinski definition) is 2. The van der Waals surface area contributed by atoms with Gasteiger partial charge in [-0.15, -0.1) is 0 Å². The van der Waals surface area contributed by atoms with Crippen LogP contribution >= 0.6 is 11.6 Å². The molecule has 1 aromatic carbocycles. The van der Waals surface area contributed by atoms with Crippen molar-refractivity contribution in [2.24, 2.45) is 0 Å². The van der Waals surface area contributed by atoms with Gasteiger partial charge in [0, 0.05) is 25.0 Å². The molecule has 0 fully saturated rings. The number of hydrogen-bond acceptors (Lipinski definition) is 5. The van der Waals surface area contributed by atoms with Crippen molar-refractivity contribution in [2.75, 3.05) is 18.9 Å². The second-order valence-corrected chi connectivity index (χ2v) is 5.68. The Kier molecular flexibility index (Phi) is 4.61. The van der Waals surface area contributed by atoms with Gasteiger partial charge in [-0.2, -0.15) is 5.10 Å². The Labute approximate surface area is 144 Å². The van der Waals surface area contributed by atoms with Crippen molar-refractivity contribution in [3.63, 3.8) is 0 Å². The number of fused-ring (bicyclic) bond motifs is 1. The van der Waals surface area contributed by atoms with Crippen LogP contribution in [0.15, 0.2) is 30.5 Å². The van der Waals surface area contributed by atoms with Crippen LogP contribution in [0.25, 0.3) is 16.7 Å². The van der Waals surface area contributed by atoms with Crippen molar-refractivity contribution in [1.29, 1.82) is 0 Å². The fourth-order valence-electron chi connectivity index (χ4n) is 2.37. The third-order valence-electron chi connectivity index (χ3n) is 3.52. The van der Waals surface area contributed by atoms with Crippen LogP contribution in [0.3, 0.4) is 0 Å². The molecular weight excluding hydrogens is 328 g/mol. The minimum absolute atomic E-state index is 0.0286. The van der Waals surface area contributed by atoms with E-state index in [2.05, 4.69) is 25.7 Å². The van der Waals surface area contributed by atoms with Gasteiger partial charge >= 0.3 is 0 Å². The first-order valence-electron chi connectivity index (χ1n) is 7.51. The highest BCUT2D eigenvalue weighted by molar-refractivity contribution is 6.30. The fraction of sp³-hybridized carbons (Fsp3) is 0.250. The molecule has 7 nitrogen and oxygen atoms in total. The number of nitrogens with one attached hydrogen (secondary N) is 2. The lowest BCUT2D eigenvalue weighted by Gasteiger charge is -2.08. The maximum Gasteiger partial charge on any atom is 0.221 e. The summed E-state index contributed by atoms with van der Waals surface area (Å²) in [6.45, 7) is 2.30. The average molecular weight is 345 g/mol. The zero-order valence-corrected chi connectivity index (χ0v) is 14.1. The van der Waals surface area contributed by atoms with E-state index in [9.17, 15) is 4.79 Å². The summed E-state index contributed by atoms with van der Waals surface area (Å²) in [5.74, 6) is 1.25. The van der Waals surface area contributed by atoms with E-state index in [1.807, 2.05) is 31.2 Å². The number of nitrogens with zero attached hydrogens (tertiary/aromatic N) is 4. The third kappa shape index (κ3) is 3.30. The number of benzene rings is 1. The van der Waals surface area contributed by atoms with Gasteiger partial charge in [0.25, 0.3) is 0 Å². The van der Waals surface area contributed by atoms with E-state index < -0.39 is 0 Å². The number of amides is 1. The SMILES string of the molecule is CNC(=O)CCNc1nc(C)nc2c1cnn2-c1cccc(Cl)c1. The number of carbonyl (C=O) groups is 1. The average Bonchev–Trinajstić information content (AvgIpc) is 2.98. The van der Waals surface area contributed by atoms with Crippen LogP contribution in [0.1, 0.15) is 12.2 Å². The third-order valence-corrected chi connectivity index (χ3v) is 3.75. The van der Waals surface area contributed by atoms with Crippen molar-refractivity contribution in [3.05, 3.63) is 41.3 Å². The Hall–Kier alpha value is -2.67. The van der Waals surface area contributed by atoms with Crippen molar-refractivity contribution >= 4 is 34.4 Å². The summed E-state index contributed by atoms with van der Waals surface area (Å²) in [6, 6.07) is 7.41. The Morgan fingerprint density at radius 2 is 2.17 bits per heavy atom. The molecular formula is C16H17ClN6O. The maximum absolute atomic E-state index is 11.3. The van der Waals surface area contributed by atoms with Crippen LogP contribution in [0, 0.1) is 6.92 Å². The number of carbonyl (C=O) groups excluding carboxylic acids is 1. The quantitative estimate of drug-likeness (QED) is 0.742. The zero-order valence-electron chi connectivity index (χ0n) is 13.4. The number of aryl methyl sites for hydroxylation is 1. The van der Waals surface area contributed by atoms with Gasteiger partial charge in [0.1, 0.15) is 11.6 Å². The highest BCUT2D eigenvalue weighted by atomic mass is 35.5. The first kappa shape index (κ1) is 16.2. The number of anilines is 1. The summed E-state index contributed by atoms with van der Waals surface area (Å²) >= 11 is 6.06. The number of aromatic nitrogens is 4. The predicted molar refractivity (Wildman–Crippen MR) is 93.6 cm³/mol. The molecule has 2 aromatic heterocycles. The van der Waals surface area contributed by atoms with Crippen molar-refractivity contribution in [2.45, 2.75) is 13.3 Å². The van der Waals surface area contributed by atoms with E-state index in [0.717, 1.165) is 11.1 Å². The monoisotopic (exact) mass is 344 g/mol. The molecule has 1 amide bonds. The molecule has 3 aromatic rings. The minimum Gasteiger partial charge on any atom is -0.369 e. The predicted octanol–water partition coefficient (Wildman–Crippen LogP) is 2.33. The highest BCUT2D eigenvalue weighted by Crippen LogP contribution is 2.23. The van der Waals surface area contributed by atoms with Gasteiger partial charge in [-0.25, -0.2) is 14.6 Å². The van der Waals surface area contributed by atoms with Crippen molar-refractivity contribution in [1.82, 2.24) is 25.1 Å². The summed E-state index contributed by atoms with van der Waals surface area (Å²) in [5, 5.41) is 11.6. The first-order chi connectivity index (χ1) is 11.6. The van der Waals surface area contributed by atoms with Crippen LogP contribution in [0.4, 0.5) is 5.82 Å². The van der Waals surface area contributed by atoms with Gasteiger partial charge in [-0.3, -0.25) is 4.79 Å². The van der Waals surface area contributed by atoms with Crippen LogP contribution in [0.2, 0.25) is 5.02 Å². The second-order valence-electron chi connectivity index (χ2n) is 5.24. The van der Waals surface area contributed by atoms with Gasteiger partial charge in [0.15, 0.2) is 5.65 Å². The zero-order chi connectivity index (χ0) is 17.1. The smallest absolute Gasteiger partial charge is 0.221 e. The van der Waals surface area contributed by atoms with Crippen LogP contribution in [-0.2, 0) is 4.79 Å². The Morgan fingerprint density at radius 1 is 1.33 bits per heavy atom. The molecule has 0 aliphatic rings. The van der Waals surface area contributed by atoms with Gasteiger partial charge in [0.2, 0.25) is 5.91 Å². The van der Waals surface area contributed by atoms with E-state index in [1.54, 1.807) is 17.9 Å². The van der Waals surface area contributed by atoms with Crippen molar-refractivity contribution in [3.8, 4) is 5.69 Å². The number of rotatable bonds is 5. The molecule has 0 saturated carbocycles. The molecule has 0 bridgehead atoms. The van der Waals surface area contributed by atoms with Crippen LogP contribution in [0.5, 0.6) is 0 Å². The molecule has 0 aliphatic heterocycles. The fourth-order valence-corrected chi connectivity index (χ4v) is 2.55. The molecule has 0 unspecified atom stereocenters. The van der Waals surface area contributed by atoms with E-state index in [0.29, 0.717) is 35.3 Å². The summed E-state index contributed by atoms with van der Waals surface area (Å²) in [5.41, 5.74) is 1.51. The first-order valence-corrected chi connectivity index (χ1v) is 7.89. The minimum atomic E-state index is -0.0286. The Bertz CT molecular complexity index is 891. The van der Waals surface area contributed by atoms with Crippen LogP contribution < -0.4 is 10.6 Å². The second kappa shape index (κ2) is 6.84. The largest absolute Gasteiger partial charge is 0.369 e. The molecule has 0 spiro atoms. The van der Waals surface area contributed by atoms with Gasteiger partial charge < -0.3 is 10.6 Å². The van der Waals surface area contributed by atoms with E-state index in [4.69, 9.17) is 11.6 Å².